The molecule has 1 heterocycles. The van der Waals surface area contributed by atoms with Gasteiger partial charge in [-0.05, 0) is 37.8 Å². The number of fused-ring (bicyclic) bond motifs is 2. The smallest absolute Gasteiger partial charge is 0.325 e. The Morgan fingerprint density at radius 1 is 1.14 bits per heavy atom. The van der Waals surface area contributed by atoms with Gasteiger partial charge in [-0.1, -0.05) is 24.3 Å². The first-order valence-corrected chi connectivity index (χ1v) is 9.58. The van der Waals surface area contributed by atoms with Gasteiger partial charge in [0.1, 0.15) is 12.1 Å². The molecule has 8 heteroatoms. The van der Waals surface area contributed by atoms with Crippen molar-refractivity contribution in [3.63, 3.8) is 0 Å². The van der Waals surface area contributed by atoms with Gasteiger partial charge < -0.3 is 15.1 Å². The molecule has 1 fully saturated rings. The predicted octanol–water partition coefficient (Wildman–Crippen LogP) is 0.707. The Bertz CT molecular complexity index is 820. The molecular weight excluding hydrogens is 360 g/mol. The van der Waals surface area contributed by atoms with Gasteiger partial charge in [-0.2, -0.15) is 0 Å². The van der Waals surface area contributed by atoms with Crippen molar-refractivity contribution in [2.24, 2.45) is 0 Å². The average molecular weight is 386 g/mol. The molecule has 1 aliphatic carbocycles. The number of hydrogen-bond acceptors (Lipinski definition) is 4. The molecule has 1 N–H and O–H groups in total. The van der Waals surface area contributed by atoms with Gasteiger partial charge in [0.05, 0.1) is 6.54 Å². The van der Waals surface area contributed by atoms with Crippen LogP contribution in [0.4, 0.5) is 4.79 Å². The lowest BCUT2D eigenvalue weighted by Crippen LogP contribution is -2.46. The molecule has 0 saturated carbocycles. The van der Waals surface area contributed by atoms with E-state index in [1.165, 1.54) is 11.9 Å². The van der Waals surface area contributed by atoms with Gasteiger partial charge in [-0.3, -0.25) is 19.3 Å². The zero-order valence-corrected chi connectivity index (χ0v) is 16.5. The number of aryl methyl sites for hydroxylation is 1. The second kappa shape index (κ2) is 7.61. The first-order valence-electron chi connectivity index (χ1n) is 9.58. The molecule has 1 aliphatic heterocycles. The Kier molecular flexibility index (Phi) is 5.40. The third-order valence-corrected chi connectivity index (χ3v) is 5.63. The second-order valence-corrected chi connectivity index (χ2v) is 7.20. The quantitative estimate of drug-likeness (QED) is 0.729. The summed E-state index contributed by atoms with van der Waals surface area (Å²) in [5.41, 5.74) is 0.753. The van der Waals surface area contributed by atoms with Gasteiger partial charge in [0, 0.05) is 20.1 Å². The van der Waals surface area contributed by atoms with Crippen molar-refractivity contribution < 1.29 is 19.2 Å². The van der Waals surface area contributed by atoms with E-state index in [2.05, 4.69) is 5.32 Å². The highest BCUT2D eigenvalue weighted by Crippen LogP contribution is 2.41. The Hall–Kier alpha value is -2.90. The molecule has 1 spiro atoms. The molecule has 1 saturated heterocycles. The van der Waals surface area contributed by atoms with Gasteiger partial charge in [0.25, 0.3) is 5.91 Å². The topological polar surface area (TPSA) is 90.0 Å². The number of imide groups is 1. The second-order valence-electron chi connectivity index (χ2n) is 7.20. The largest absolute Gasteiger partial charge is 0.342 e. The van der Waals surface area contributed by atoms with Crippen molar-refractivity contribution in [1.82, 2.24) is 20.0 Å². The number of benzene rings is 1. The van der Waals surface area contributed by atoms with E-state index in [9.17, 15) is 19.2 Å². The van der Waals surface area contributed by atoms with Gasteiger partial charge in [-0.25, -0.2) is 4.79 Å². The molecule has 1 atom stereocenters. The monoisotopic (exact) mass is 386 g/mol. The zero-order valence-electron chi connectivity index (χ0n) is 16.5. The zero-order chi connectivity index (χ0) is 20.5. The lowest BCUT2D eigenvalue weighted by atomic mass is 9.92. The Labute approximate surface area is 164 Å². The molecule has 0 aromatic heterocycles. The molecule has 0 bridgehead atoms. The lowest BCUT2D eigenvalue weighted by molar-refractivity contribution is -0.141. The van der Waals surface area contributed by atoms with Gasteiger partial charge >= 0.3 is 6.03 Å². The minimum Gasteiger partial charge on any atom is -0.342 e. The van der Waals surface area contributed by atoms with E-state index in [4.69, 9.17) is 0 Å². The molecule has 8 nitrogen and oxygen atoms in total. The first kappa shape index (κ1) is 19.9. The summed E-state index contributed by atoms with van der Waals surface area (Å²) in [6.45, 7) is 4.40. The minimum absolute atomic E-state index is 0.0852. The number of amides is 5. The van der Waals surface area contributed by atoms with Crippen LogP contribution in [0.3, 0.4) is 0 Å². The van der Waals surface area contributed by atoms with Gasteiger partial charge in [0.15, 0.2) is 0 Å². The number of likely N-dealkylation sites (N-methyl/N-ethyl adjacent to an activating group) is 2. The fourth-order valence-electron chi connectivity index (χ4n) is 3.96. The highest BCUT2D eigenvalue weighted by molar-refractivity contribution is 6.10. The third-order valence-electron chi connectivity index (χ3n) is 5.63. The van der Waals surface area contributed by atoms with Crippen LogP contribution in [0.5, 0.6) is 0 Å². The molecular formula is C20H26N4O4. The minimum atomic E-state index is -1.08. The summed E-state index contributed by atoms with van der Waals surface area (Å²) >= 11 is 0. The highest BCUT2D eigenvalue weighted by atomic mass is 16.2. The Balaban J connectivity index is 1.70. The predicted molar refractivity (Wildman–Crippen MR) is 102 cm³/mol. The normalized spacial score (nSPS) is 20.3. The van der Waals surface area contributed by atoms with E-state index >= 15 is 0 Å². The summed E-state index contributed by atoms with van der Waals surface area (Å²) in [6, 6.07) is 6.97. The molecule has 3 rings (SSSR count). The molecule has 150 valence electrons. The number of carbonyl (C=O) groups is 4. The van der Waals surface area contributed by atoms with Crippen LogP contribution in [0.15, 0.2) is 24.3 Å². The molecule has 5 amide bonds. The van der Waals surface area contributed by atoms with Crippen LogP contribution in [-0.4, -0.2) is 71.7 Å². The molecule has 0 radical (unpaired) electrons. The van der Waals surface area contributed by atoms with Crippen LogP contribution < -0.4 is 5.32 Å². The van der Waals surface area contributed by atoms with Crippen LogP contribution in [0.25, 0.3) is 0 Å². The van der Waals surface area contributed by atoms with Crippen molar-refractivity contribution in [1.29, 1.82) is 0 Å². The lowest BCUT2D eigenvalue weighted by Gasteiger charge is -2.25. The van der Waals surface area contributed by atoms with Crippen molar-refractivity contribution >= 4 is 23.8 Å². The fourth-order valence-corrected chi connectivity index (χ4v) is 3.96. The van der Waals surface area contributed by atoms with Crippen molar-refractivity contribution in [3.8, 4) is 0 Å². The molecule has 1 aromatic carbocycles. The summed E-state index contributed by atoms with van der Waals surface area (Å²) < 4.78 is 0. The van der Waals surface area contributed by atoms with Crippen molar-refractivity contribution in [2.45, 2.75) is 32.2 Å². The van der Waals surface area contributed by atoms with E-state index in [-0.39, 0.29) is 19.0 Å². The fraction of sp³-hybridized carbons (Fsp3) is 0.500. The number of nitrogens with one attached hydrogen (secondary N) is 1. The third kappa shape index (κ3) is 3.23. The van der Waals surface area contributed by atoms with E-state index in [0.717, 1.165) is 16.0 Å². The Morgan fingerprint density at radius 3 is 2.50 bits per heavy atom. The number of nitrogens with zero attached hydrogens (tertiary/aromatic N) is 3. The number of carbonyl (C=O) groups excluding carboxylic acids is 4. The first-order chi connectivity index (χ1) is 13.3. The van der Waals surface area contributed by atoms with E-state index in [1.54, 1.807) is 4.90 Å². The summed E-state index contributed by atoms with van der Waals surface area (Å²) in [4.78, 5) is 54.2. The number of rotatable bonds is 6. The van der Waals surface area contributed by atoms with E-state index < -0.39 is 23.4 Å². The van der Waals surface area contributed by atoms with Gasteiger partial charge in [-0.15, -0.1) is 0 Å². The van der Waals surface area contributed by atoms with Crippen molar-refractivity contribution in [3.05, 3.63) is 35.4 Å². The van der Waals surface area contributed by atoms with Crippen molar-refractivity contribution in [2.75, 3.05) is 33.2 Å². The summed E-state index contributed by atoms with van der Waals surface area (Å²) in [7, 11) is 1.50. The maximum absolute atomic E-state index is 13.1. The summed E-state index contributed by atoms with van der Waals surface area (Å²) in [5, 5.41) is 2.80. The van der Waals surface area contributed by atoms with Crippen LogP contribution >= 0.6 is 0 Å². The molecule has 28 heavy (non-hydrogen) atoms. The van der Waals surface area contributed by atoms with Crippen LogP contribution in [0, 0.1) is 0 Å². The van der Waals surface area contributed by atoms with Crippen LogP contribution in [0.2, 0.25) is 0 Å². The maximum atomic E-state index is 13.1. The standard InChI is InChI=1S/C20H26N4O4/c1-4-23(5-2)17(26)12-22(3)16(25)13-24-18(27)20(21-19(24)28)11-10-14-8-6-7-9-15(14)20/h6-9H,4-5,10-13H2,1-3H3,(H,21,28)/t20-/m1/s1. The maximum Gasteiger partial charge on any atom is 0.325 e. The Morgan fingerprint density at radius 2 is 1.82 bits per heavy atom. The molecule has 1 aromatic rings. The molecule has 2 aliphatic rings. The van der Waals surface area contributed by atoms with Crippen LogP contribution in [0.1, 0.15) is 31.4 Å². The van der Waals surface area contributed by atoms with E-state index in [0.29, 0.717) is 25.9 Å². The number of hydrogen-bond donors (Lipinski definition) is 1. The van der Waals surface area contributed by atoms with E-state index in [1.807, 2.05) is 38.1 Å². The average Bonchev–Trinajstić information content (AvgIpc) is 3.16. The highest BCUT2D eigenvalue weighted by Gasteiger charge is 2.55. The van der Waals surface area contributed by atoms with Crippen LogP contribution in [-0.2, 0) is 26.3 Å². The summed E-state index contributed by atoms with van der Waals surface area (Å²) in [5.74, 6) is -1.02. The molecule has 0 unspecified atom stereocenters. The number of urea groups is 1. The summed E-state index contributed by atoms with van der Waals surface area (Å²) in [6.07, 6.45) is 1.18. The SMILES string of the molecule is CCN(CC)C(=O)CN(C)C(=O)CN1C(=O)N[C@@]2(CCc3ccccc32)C1=O. The van der Waals surface area contributed by atoms with Gasteiger partial charge in [0.2, 0.25) is 11.8 Å².